The van der Waals surface area contributed by atoms with Crippen LogP contribution >= 0.6 is 0 Å². The third kappa shape index (κ3) is 3.79. The van der Waals surface area contributed by atoms with Gasteiger partial charge in [0.2, 0.25) is 11.7 Å². The van der Waals surface area contributed by atoms with E-state index >= 15 is 0 Å². The van der Waals surface area contributed by atoms with Crippen molar-refractivity contribution in [1.82, 2.24) is 19.9 Å². The average molecular weight is 339 g/mol. The van der Waals surface area contributed by atoms with Gasteiger partial charge in [0.25, 0.3) is 0 Å². The van der Waals surface area contributed by atoms with Crippen LogP contribution in [0.2, 0.25) is 0 Å². The largest absolute Gasteiger partial charge is 0.339 e. The Morgan fingerprint density at radius 3 is 2.52 bits per heavy atom. The zero-order chi connectivity index (χ0) is 18.0. The first-order valence-corrected chi connectivity index (χ1v) is 8.62. The van der Waals surface area contributed by atoms with Crippen LogP contribution in [0.5, 0.6) is 0 Å². The van der Waals surface area contributed by atoms with Crippen molar-refractivity contribution in [2.24, 2.45) is 11.7 Å². The van der Waals surface area contributed by atoms with Crippen molar-refractivity contribution in [2.75, 3.05) is 0 Å². The first-order valence-electron chi connectivity index (χ1n) is 8.62. The Hall–Kier alpha value is -2.47. The Kier molecular flexibility index (Phi) is 4.99. The lowest BCUT2D eigenvalue weighted by molar-refractivity contribution is 0.385. The van der Waals surface area contributed by atoms with Gasteiger partial charge < -0.3 is 10.3 Å². The fourth-order valence-electron chi connectivity index (χ4n) is 2.90. The molecule has 1 aromatic carbocycles. The minimum absolute atomic E-state index is 0.524. The van der Waals surface area contributed by atoms with Crippen molar-refractivity contribution in [3.05, 3.63) is 52.7 Å². The average Bonchev–Trinajstić information content (AvgIpc) is 3.15. The molecule has 6 nitrogen and oxygen atoms in total. The van der Waals surface area contributed by atoms with E-state index in [1.165, 1.54) is 5.69 Å². The van der Waals surface area contributed by atoms with Gasteiger partial charge in [0.05, 0.1) is 12.1 Å². The molecule has 0 amide bonds. The molecule has 0 saturated heterocycles. The van der Waals surface area contributed by atoms with Gasteiger partial charge >= 0.3 is 0 Å². The van der Waals surface area contributed by atoms with Gasteiger partial charge in [-0.05, 0) is 25.3 Å². The molecular formula is C19H25N5O. The Labute approximate surface area is 148 Å². The van der Waals surface area contributed by atoms with Crippen LogP contribution in [-0.2, 0) is 19.5 Å². The number of aryl methyl sites for hydroxylation is 1. The standard InChI is InChI=1S/C19H25N5O/c1-12(2)11-24-14(4)17(13(3)22-24)9-18-21-19(23-25-18)16-7-5-15(10-20)6-8-16/h5-8,12H,9-11,20H2,1-4H3. The molecule has 132 valence electrons. The van der Waals surface area contributed by atoms with Gasteiger partial charge in [0, 0.05) is 29.9 Å². The van der Waals surface area contributed by atoms with Crippen LogP contribution in [0.15, 0.2) is 28.8 Å². The van der Waals surface area contributed by atoms with E-state index in [-0.39, 0.29) is 0 Å². The fraction of sp³-hybridized carbons (Fsp3) is 0.421. The van der Waals surface area contributed by atoms with E-state index in [9.17, 15) is 0 Å². The van der Waals surface area contributed by atoms with Gasteiger partial charge in [-0.25, -0.2) is 0 Å². The number of rotatable bonds is 6. The molecule has 0 atom stereocenters. The molecule has 0 bridgehead atoms. The van der Waals surface area contributed by atoms with Gasteiger partial charge in [-0.1, -0.05) is 43.3 Å². The zero-order valence-corrected chi connectivity index (χ0v) is 15.3. The topological polar surface area (TPSA) is 82.8 Å². The smallest absolute Gasteiger partial charge is 0.231 e. The van der Waals surface area contributed by atoms with E-state index in [1.807, 2.05) is 31.2 Å². The molecule has 0 fully saturated rings. The summed E-state index contributed by atoms with van der Waals surface area (Å²) in [6, 6.07) is 7.90. The van der Waals surface area contributed by atoms with Gasteiger partial charge in [0.15, 0.2) is 0 Å². The Bertz CT molecular complexity index is 845. The van der Waals surface area contributed by atoms with Crippen molar-refractivity contribution in [2.45, 2.75) is 47.2 Å². The van der Waals surface area contributed by atoms with E-state index in [1.54, 1.807) is 0 Å². The monoisotopic (exact) mass is 339 g/mol. The maximum Gasteiger partial charge on any atom is 0.231 e. The van der Waals surface area contributed by atoms with Crippen LogP contribution in [0.4, 0.5) is 0 Å². The number of hydrogen-bond donors (Lipinski definition) is 1. The lowest BCUT2D eigenvalue weighted by Crippen LogP contribution is -2.08. The SMILES string of the molecule is Cc1nn(CC(C)C)c(C)c1Cc1nc(-c2ccc(CN)cc2)no1. The molecule has 0 aliphatic heterocycles. The predicted molar refractivity (Wildman–Crippen MR) is 97.0 cm³/mol. The summed E-state index contributed by atoms with van der Waals surface area (Å²) >= 11 is 0. The first-order chi connectivity index (χ1) is 12.0. The second-order valence-electron chi connectivity index (χ2n) is 6.81. The van der Waals surface area contributed by atoms with E-state index in [2.05, 4.69) is 40.7 Å². The van der Waals surface area contributed by atoms with Gasteiger partial charge in [-0.2, -0.15) is 10.1 Å². The maximum absolute atomic E-state index is 5.63. The van der Waals surface area contributed by atoms with Crippen LogP contribution in [0, 0.1) is 19.8 Å². The summed E-state index contributed by atoms with van der Waals surface area (Å²) in [6.07, 6.45) is 0.601. The number of benzene rings is 1. The van der Waals surface area contributed by atoms with Crippen molar-refractivity contribution >= 4 is 0 Å². The molecule has 0 spiro atoms. The molecular weight excluding hydrogens is 314 g/mol. The van der Waals surface area contributed by atoms with Crippen molar-refractivity contribution in [3.63, 3.8) is 0 Å². The van der Waals surface area contributed by atoms with Crippen LogP contribution in [0.1, 0.15) is 42.3 Å². The van der Waals surface area contributed by atoms with Crippen LogP contribution in [-0.4, -0.2) is 19.9 Å². The maximum atomic E-state index is 5.63. The summed E-state index contributed by atoms with van der Waals surface area (Å²) in [5.74, 6) is 1.76. The molecule has 0 unspecified atom stereocenters. The van der Waals surface area contributed by atoms with E-state index in [4.69, 9.17) is 10.3 Å². The summed E-state index contributed by atoms with van der Waals surface area (Å²) in [4.78, 5) is 4.54. The van der Waals surface area contributed by atoms with E-state index < -0.39 is 0 Å². The normalized spacial score (nSPS) is 11.4. The van der Waals surface area contributed by atoms with Crippen LogP contribution in [0.3, 0.4) is 0 Å². The second-order valence-corrected chi connectivity index (χ2v) is 6.81. The summed E-state index contributed by atoms with van der Waals surface area (Å²) in [7, 11) is 0. The summed E-state index contributed by atoms with van der Waals surface area (Å²) in [5.41, 5.74) is 11.0. The quantitative estimate of drug-likeness (QED) is 0.745. The predicted octanol–water partition coefficient (Wildman–Crippen LogP) is 3.26. The highest BCUT2D eigenvalue weighted by molar-refractivity contribution is 5.54. The van der Waals surface area contributed by atoms with Crippen LogP contribution in [0.25, 0.3) is 11.4 Å². The summed E-state index contributed by atoms with van der Waals surface area (Å²) < 4.78 is 7.52. The number of nitrogens with two attached hydrogens (primary N) is 1. The Balaban J connectivity index is 1.80. The number of hydrogen-bond acceptors (Lipinski definition) is 5. The number of aromatic nitrogens is 4. The molecule has 2 heterocycles. The highest BCUT2D eigenvalue weighted by atomic mass is 16.5. The molecule has 6 heteroatoms. The minimum Gasteiger partial charge on any atom is -0.339 e. The fourth-order valence-corrected chi connectivity index (χ4v) is 2.90. The second kappa shape index (κ2) is 7.19. The molecule has 0 aliphatic rings. The minimum atomic E-state index is 0.524. The Morgan fingerprint density at radius 1 is 1.16 bits per heavy atom. The highest BCUT2D eigenvalue weighted by Crippen LogP contribution is 2.21. The van der Waals surface area contributed by atoms with E-state index in [0.717, 1.165) is 28.9 Å². The molecule has 0 radical (unpaired) electrons. The molecule has 0 saturated carbocycles. The molecule has 3 rings (SSSR count). The number of nitrogens with zero attached hydrogens (tertiary/aromatic N) is 4. The van der Waals surface area contributed by atoms with Crippen molar-refractivity contribution < 1.29 is 4.52 Å². The first kappa shape index (κ1) is 17.4. The van der Waals surface area contributed by atoms with Crippen molar-refractivity contribution in [3.8, 4) is 11.4 Å². The third-order valence-corrected chi connectivity index (χ3v) is 4.31. The molecule has 3 aromatic rings. The summed E-state index contributed by atoms with van der Waals surface area (Å²) in [5, 5.41) is 8.75. The molecule has 2 N–H and O–H groups in total. The van der Waals surface area contributed by atoms with Gasteiger partial charge in [-0.3, -0.25) is 4.68 Å². The van der Waals surface area contributed by atoms with Gasteiger partial charge in [-0.15, -0.1) is 0 Å². The third-order valence-electron chi connectivity index (χ3n) is 4.31. The summed E-state index contributed by atoms with van der Waals surface area (Å²) in [6.45, 7) is 9.95. The molecule has 25 heavy (non-hydrogen) atoms. The highest BCUT2D eigenvalue weighted by Gasteiger charge is 2.16. The lowest BCUT2D eigenvalue weighted by Gasteiger charge is -2.07. The Morgan fingerprint density at radius 2 is 1.88 bits per heavy atom. The van der Waals surface area contributed by atoms with Crippen molar-refractivity contribution in [1.29, 1.82) is 0 Å². The molecule has 0 aliphatic carbocycles. The van der Waals surface area contributed by atoms with E-state index in [0.29, 0.717) is 30.6 Å². The molecule has 2 aromatic heterocycles. The lowest BCUT2D eigenvalue weighted by atomic mass is 10.1. The zero-order valence-electron chi connectivity index (χ0n) is 15.3. The van der Waals surface area contributed by atoms with Crippen LogP contribution < -0.4 is 5.73 Å². The van der Waals surface area contributed by atoms with Gasteiger partial charge in [0.1, 0.15) is 0 Å².